The summed E-state index contributed by atoms with van der Waals surface area (Å²) in [6.07, 6.45) is 2.94. The molecule has 140 valence electrons. The summed E-state index contributed by atoms with van der Waals surface area (Å²) in [5.41, 5.74) is 6.64. The number of aryl methyl sites for hydroxylation is 1. The molecule has 0 radical (unpaired) electrons. The summed E-state index contributed by atoms with van der Waals surface area (Å²) in [6, 6.07) is 7.48. The molecule has 1 amide bonds. The third-order valence-electron chi connectivity index (χ3n) is 3.91. The summed E-state index contributed by atoms with van der Waals surface area (Å²) in [7, 11) is 1.38. The van der Waals surface area contributed by atoms with Gasteiger partial charge in [0.05, 0.1) is 7.11 Å². The minimum atomic E-state index is -0.388. The van der Waals surface area contributed by atoms with Crippen LogP contribution in [0.2, 0.25) is 0 Å². The number of thiocarbonyl (C=S) groups is 1. The monoisotopic (exact) mass is 377 g/mol. The molecule has 0 spiro atoms. The number of furan rings is 1. The molecule has 2 aromatic rings. The van der Waals surface area contributed by atoms with Gasteiger partial charge in [-0.1, -0.05) is 24.6 Å². The number of esters is 1. The highest BCUT2D eigenvalue weighted by Gasteiger charge is 2.17. The fraction of sp³-hybridized carbons (Fsp3) is 0.389. The molecule has 0 atom stereocenters. The lowest BCUT2D eigenvalue weighted by Gasteiger charge is -2.11. The molecule has 0 aliphatic carbocycles. The van der Waals surface area contributed by atoms with E-state index in [4.69, 9.17) is 16.6 Å². The largest absolute Gasteiger partial charge is 0.469 e. The Kier molecular flexibility index (Phi) is 7.40. The molecular weight excluding hydrogens is 354 g/mol. The van der Waals surface area contributed by atoms with Crippen molar-refractivity contribution in [1.82, 2.24) is 16.2 Å². The topological polar surface area (TPSA) is 92.6 Å². The first-order valence-corrected chi connectivity index (χ1v) is 8.83. The van der Waals surface area contributed by atoms with E-state index >= 15 is 0 Å². The molecule has 0 saturated carbocycles. The van der Waals surface area contributed by atoms with E-state index in [0.717, 1.165) is 30.2 Å². The quantitative estimate of drug-likeness (QED) is 0.296. The highest BCUT2D eigenvalue weighted by atomic mass is 32.1. The Balaban J connectivity index is 1.69. The fourth-order valence-electron chi connectivity index (χ4n) is 2.48. The Morgan fingerprint density at radius 3 is 2.65 bits per heavy atom. The van der Waals surface area contributed by atoms with E-state index in [1.54, 1.807) is 0 Å². The third kappa shape index (κ3) is 5.45. The molecule has 0 unspecified atom stereocenters. The first-order valence-electron chi connectivity index (χ1n) is 8.42. The number of para-hydroxylation sites is 1. The van der Waals surface area contributed by atoms with E-state index in [1.165, 1.54) is 7.11 Å². The van der Waals surface area contributed by atoms with Crippen molar-refractivity contribution < 1.29 is 18.7 Å². The third-order valence-corrected chi connectivity index (χ3v) is 4.16. The van der Waals surface area contributed by atoms with Gasteiger partial charge in [0, 0.05) is 23.9 Å². The zero-order valence-corrected chi connectivity index (χ0v) is 15.7. The number of carbonyl (C=O) groups is 2. The molecule has 0 aliphatic heterocycles. The standard InChI is InChI=1S/C18H23N3O4S/c1-12-13-8-5-6-9-14(13)25-16(12)17(23)20-21-18(26)19-11-7-3-4-10-15(22)24-2/h5-6,8-9H,3-4,7,10-11H2,1-2H3,(H,20,23)(H2,19,21,26). The van der Waals surface area contributed by atoms with Gasteiger partial charge in [0.1, 0.15) is 5.58 Å². The van der Waals surface area contributed by atoms with Gasteiger partial charge in [-0.2, -0.15) is 0 Å². The number of hydrogen-bond acceptors (Lipinski definition) is 5. The number of amides is 1. The molecule has 3 N–H and O–H groups in total. The van der Waals surface area contributed by atoms with Crippen LogP contribution in [0.4, 0.5) is 0 Å². The van der Waals surface area contributed by atoms with Gasteiger partial charge in [-0.05, 0) is 38.0 Å². The number of rotatable bonds is 7. The van der Waals surface area contributed by atoms with Gasteiger partial charge in [-0.25, -0.2) is 0 Å². The number of benzene rings is 1. The molecule has 7 nitrogen and oxygen atoms in total. The molecule has 1 aromatic carbocycles. The van der Waals surface area contributed by atoms with Crippen molar-refractivity contribution in [3.63, 3.8) is 0 Å². The van der Waals surface area contributed by atoms with Crippen molar-refractivity contribution in [2.75, 3.05) is 13.7 Å². The molecule has 8 heteroatoms. The number of carbonyl (C=O) groups excluding carboxylic acids is 2. The molecule has 0 bridgehead atoms. The van der Waals surface area contributed by atoms with Gasteiger partial charge < -0.3 is 14.5 Å². The summed E-state index contributed by atoms with van der Waals surface area (Å²) in [5.74, 6) is -0.330. The number of unbranched alkanes of at least 4 members (excludes halogenated alkanes) is 2. The first-order chi connectivity index (χ1) is 12.5. The van der Waals surface area contributed by atoms with Crippen LogP contribution in [0.5, 0.6) is 0 Å². The Morgan fingerprint density at radius 1 is 1.15 bits per heavy atom. The highest BCUT2D eigenvalue weighted by Crippen LogP contribution is 2.24. The Hall–Kier alpha value is -2.61. The number of nitrogens with one attached hydrogen (secondary N) is 3. The summed E-state index contributed by atoms with van der Waals surface area (Å²) >= 11 is 5.12. The zero-order chi connectivity index (χ0) is 18.9. The van der Waals surface area contributed by atoms with Crippen LogP contribution in [0.3, 0.4) is 0 Å². The predicted molar refractivity (Wildman–Crippen MR) is 103 cm³/mol. The predicted octanol–water partition coefficient (Wildman–Crippen LogP) is 2.58. The molecule has 1 heterocycles. The van der Waals surface area contributed by atoms with Crippen LogP contribution in [0.25, 0.3) is 11.0 Å². The molecule has 2 rings (SSSR count). The lowest BCUT2D eigenvalue weighted by Crippen LogP contribution is -2.47. The van der Waals surface area contributed by atoms with Crippen molar-refractivity contribution in [3.8, 4) is 0 Å². The van der Waals surface area contributed by atoms with Gasteiger partial charge in [0.15, 0.2) is 10.9 Å². The second kappa shape index (κ2) is 9.76. The maximum Gasteiger partial charge on any atom is 0.305 e. The number of hydrogen-bond donors (Lipinski definition) is 3. The molecular formula is C18H23N3O4S. The molecule has 26 heavy (non-hydrogen) atoms. The smallest absolute Gasteiger partial charge is 0.305 e. The lowest BCUT2D eigenvalue weighted by atomic mass is 10.1. The van der Waals surface area contributed by atoms with Gasteiger partial charge in [0.25, 0.3) is 0 Å². The first kappa shape index (κ1) is 19.7. The van der Waals surface area contributed by atoms with Gasteiger partial charge >= 0.3 is 11.9 Å². The SMILES string of the molecule is COC(=O)CCCCCNC(=S)NNC(=O)c1oc2ccccc2c1C. The van der Waals surface area contributed by atoms with Crippen molar-refractivity contribution >= 4 is 40.2 Å². The van der Waals surface area contributed by atoms with Crippen LogP contribution in [-0.4, -0.2) is 30.6 Å². The van der Waals surface area contributed by atoms with E-state index in [1.807, 2.05) is 31.2 Å². The van der Waals surface area contributed by atoms with Crippen molar-refractivity contribution in [1.29, 1.82) is 0 Å². The average Bonchev–Trinajstić information content (AvgIpc) is 2.99. The van der Waals surface area contributed by atoms with Crippen LogP contribution >= 0.6 is 12.2 Å². The van der Waals surface area contributed by atoms with Crippen LogP contribution in [0.1, 0.15) is 41.8 Å². The van der Waals surface area contributed by atoms with E-state index in [2.05, 4.69) is 20.9 Å². The highest BCUT2D eigenvalue weighted by molar-refractivity contribution is 7.80. The second-order valence-electron chi connectivity index (χ2n) is 5.77. The minimum absolute atomic E-state index is 0.196. The zero-order valence-electron chi connectivity index (χ0n) is 14.9. The molecule has 0 fully saturated rings. The van der Waals surface area contributed by atoms with Crippen LogP contribution in [0.15, 0.2) is 28.7 Å². The lowest BCUT2D eigenvalue weighted by molar-refractivity contribution is -0.140. The Bertz CT molecular complexity index is 788. The maximum atomic E-state index is 12.2. The summed E-state index contributed by atoms with van der Waals surface area (Å²) in [6.45, 7) is 2.48. The average molecular weight is 377 g/mol. The number of ether oxygens (including phenoxy) is 1. The van der Waals surface area contributed by atoms with E-state index in [9.17, 15) is 9.59 Å². The Labute approximate surface area is 157 Å². The van der Waals surface area contributed by atoms with Crippen molar-refractivity contribution in [3.05, 3.63) is 35.6 Å². The number of hydrazine groups is 1. The summed E-state index contributed by atoms with van der Waals surface area (Å²) in [5, 5.41) is 4.22. The number of methoxy groups -OCH3 is 1. The fourth-order valence-corrected chi connectivity index (χ4v) is 2.63. The van der Waals surface area contributed by atoms with Gasteiger partial charge in [0.2, 0.25) is 0 Å². The van der Waals surface area contributed by atoms with Crippen molar-refractivity contribution in [2.24, 2.45) is 0 Å². The van der Waals surface area contributed by atoms with E-state index in [0.29, 0.717) is 23.7 Å². The minimum Gasteiger partial charge on any atom is -0.469 e. The Morgan fingerprint density at radius 2 is 1.92 bits per heavy atom. The number of fused-ring (bicyclic) bond motifs is 1. The van der Waals surface area contributed by atoms with E-state index in [-0.39, 0.29) is 17.6 Å². The molecule has 0 aliphatic rings. The van der Waals surface area contributed by atoms with E-state index < -0.39 is 0 Å². The summed E-state index contributed by atoms with van der Waals surface area (Å²) in [4.78, 5) is 23.2. The van der Waals surface area contributed by atoms with Gasteiger partial charge in [-0.3, -0.25) is 20.4 Å². The maximum absolute atomic E-state index is 12.2. The second-order valence-corrected chi connectivity index (χ2v) is 6.18. The molecule has 1 aromatic heterocycles. The van der Waals surface area contributed by atoms with Crippen molar-refractivity contribution in [2.45, 2.75) is 32.6 Å². The van der Waals surface area contributed by atoms with Crippen LogP contribution < -0.4 is 16.2 Å². The van der Waals surface area contributed by atoms with Crippen LogP contribution in [-0.2, 0) is 9.53 Å². The van der Waals surface area contributed by atoms with Gasteiger partial charge in [-0.15, -0.1) is 0 Å². The summed E-state index contributed by atoms with van der Waals surface area (Å²) < 4.78 is 10.2. The molecule has 0 saturated heterocycles. The normalized spacial score (nSPS) is 10.4. The van der Waals surface area contributed by atoms with Crippen LogP contribution in [0, 0.1) is 6.92 Å².